The number of nitrogens with zero attached hydrogens (tertiary/aromatic N) is 2. The Hall–Kier alpha value is -0.760. The minimum atomic E-state index is -0.287. The Bertz CT molecular complexity index is 619. The van der Waals surface area contributed by atoms with Gasteiger partial charge in [0.1, 0.15) is 11.6 Å². The molecule has 100 valence electrons. The van der Waals surface area contributed by atoms with Gasteiger partial charge in [-0.2, -0.15) is 0 Å². The second-order valence-corrected chi connectivity index (χ2v) is 5.88. The summed E-state index contributed by atoms with van der Waals surface area (Å²) < 4.78 is 14.8. The molecule has 0 spiro atoms. The number of nitrogens with one attached hydrogen (secondary N) is 1. The van der Waals surface area contributed by atoms with Gasteiger partial charge in [0, 0.05) is 16.6 Å². The molecule has 0 amide bonds. The summed E-state index contributed by atoms with van der Waals surface area (Å²) in [4.78, 5) is 8.97. The molecule has 0 saturated heterocycles. The fourth-order valence-electron chi connectivity index (χ4n) is 1.64. The van der Waals surface area contributed by atoms with Crippen molar-refractivity contribution >= 4 is 44.3 Å². The second kappa shape index (κ2) is 6.13. The summed E-state index contributed by atoms with van der Waals surface area (Å²) in [5.41, 5.74) is 1.68. The first-order valence-electron chi connectivity index (χ1n) is 5.76. The summed E-state index contributed by atoms with van der Waals surface area (Å²) in [6.07, 6.45) is 0. The van der Waals surface area contributed by atoms with Gasteiger partial charge in [-0.15, -0.1) is 0 Å². The Balaban J connectivity index is 2.56. The Kier molecular flexibility index (Phi) is 4.72. The van der Waals surface area contributed by atoms with E-state index in [1.807, 2.05) is 13.8 Å². The minimum Gasteiger partial charge on any atom is -0.369 e. The average Bonchev–Trinajstić information content (AvgIpc) is 2.35. The van der Waals surface area contributed by atoms with Crippen LogP contribution in [0.1, 0.15) is 12.6 Å². The number of rotatable bonds is 3. The summed E-state index contributed by atoms with van der Waals surface area (Å²) >= 11 is 5.57. The maximum absolute atomic E-state index is 13.1. The van der Waals surface area contributed by atoms with Crippen molar-refractivity contribution in [2.75, 3.05) is 11.9 Å². The van der Waals surface area contributed by atoms with E-state index in [2.05, 4.69) is 53.8 Å². The molecule has 0 bridgehead atoms. The van der Waals surface area contributed by atoms with Crippen LogP contribution in [0.15, 0.2) is 22.7 Å². The minimum absolute atomic E-state index is 0.287. The van der Waals surface area contributed by atoms with Gasteiger partial charge >= 0.3 is 0 Å². The SMILES string of the molecule is CCNc1nc(-c2ccc(F)cc2Br)nc(C)c1I. The summed E-state index contributed by atoms with van der Waals surface area (Å²) in [6.45, 7) is 4.74. The van der Waals surface area contributed by atoms with Gasteiger partial charge in [0.2, 0.25) is 0 Å². The molecular weight excluding hydrogens is 424 g/mol. The molecule has 0 fully saturated rings. The molecule has 1 N–H and O–H groups in total. The van der Waals surface area contributed by atoms with Crippen LogP contribution in [0.4, 0.5) is 10.2 Å². The van der Waals surface area contributed by atoms with E-state index >= 15 is 0 Å². The van der Waals surface area contributed by atoms with Crippen LogP contribution in [0, 0.1) is 16.3 Å². The summed E-state index contributed by atoms with van der Waals surface area (Å²) in [5, 5.41) is 3.21. The van der Waals surface area contributed by atoms with Gasteiger partial charge in [-0.25, -0.2) is 14.4 Å². The summed E-state index contributed by atoms with van der Waals surface area (Å²) in [5.74, 6) is 1.10. The van der Waals surface area contributed by atoms with Crippen molar-refractivity contribution < 1.29 is 4.39 Å². The van der Waals surface area contributed by atoms with E-state index in [0.717, 1.165) is 27.2 Å². The zero-order valence-corrected chi connectivity index (χ0v) is 14.2. The second-order valence-electron chi connectivity index (χ2n) is 3.95. The maximum atomic E-state index is 13.1. The van der Waals surface area contributed by atoms with Crippen LogP contribution in [0.25, 0.3) is 11.4 Å². The standard InChI is InChI=1S/C13H12BrFIN3/c1-3-17-13-11(16)7(2)18-12(19-13)9-5-4-8(15)6-10(9)14/h4-6H,3H2,1-2H3,(H,17,18,19). The smallest absolute Gasteiger partial charge is 0.162 e. The lowest BCUT2D eigenvalue weighted by Gasteiger charge is -2.11. The predicted octanol–water partition coefficient (Wildman–Crippen LogP) is 4.39. The number of aromatic nitrogens is 2. The van der Waals surface area contributed by atoms with E-state index in [-0.39, 0.29) is 5.82 Å². The highest BCUT2D eigenvalue weighted by Crippen LogP contribution is 2.29. The van der Waals surface area contributed by atoms with Gasteiger partial charge in [0.15, 0.2) is 5.82 Å². The molecule has 0 aliphatic heterocycles. The first-order valence-corrected chi connectivity index (χ1v) is 7.63. The highest BCUT2D eigenvalue weighted by molar-refractivity contribution is 14.1. The van der Waals surface area contributed by atoms with Crippen LogP contribution < -0.4 is 5.32 Å². The van der Waals surface area contributed by atoms with Crippen molar-refractivity contribution in [3.05, 3.63) is 37.8 Å². The third kappa shape index (κ3) is 3.22. The van der Waals surface area contributed by atoms with Gasteiger partial charge in [-0.05, 0) is 70.6 Å². The first-order chi connectivity index (χ1) is 9.02. The van der Waals surface area contributed by atoms with E-state index < -0.39 is 0 Å². The normalized spacial score (nSPS) is 10.6. The number of hydrogen-bond donors (Lipinski definition) is 1. The zero-order chi connectivity index (χ0) is 14.0. The first kappa shape index (κ1) is 14.6. The molecule has 6 heteroatoms. The van der Waals surface area contributed by atoms with Crippen molar-refractivity contribution in [1.29, 1.82) is 0 Å². The van der Waals surface area contributed by atoms with Gasteiger partial charge in [0.05, 0.1) is 9.26 Å². The lowest BCUT2D eigenvalue weighted by Crippen LogP contribution is -2.06. The maximum Gasteiger partial charge on any atom is 0.162 e. The molecule has 0 radical (unpaired) electrons. The molecule has 19 heavy (non-hydrogen) atoms. The monoisotopic (exact) mass is 435 g/mol. The van der Waals surface area contributed by atoms with Crippen LogP contribution in [0.3, 0.4) is 0 Å². The van der Waals surface area contributed by atoms with Crippen LogP contribution in [0.5, 0.6) is 0 Å². The Morgan fingerprint density at radius 2 is 2.11 bits per heavy atom. The highest BCUT2D eigenvalue weighted by Gasteiger charge is 2.12. The van der Waals surface area contributed by atoms with Crippen LogP contribution >= 0.6 is 38.5 Å². The Morgan fingerprint density at radius 3 is 2.74 bits per heavy atom. The van der Waals surface area contributed by atoms with Crippen LogP contribution in [-0.2, 0) is 0 Å². The quantitative estimate of drug-likeness (QED) is 0.726. The van der Waals surface area contributed by atoms with E-state index in [1.54, 1.807) is 6.07 Å². The van der Waals surface area contributed by atoms with Crippen molar-refractivity contribution in [1.82, 2.24) is 9.97 Å². The zero-order valence-electron chi connectivity index (χ0n) is 10.5. The van der Waals surface area contributed by atoms with Crippen molar-refractivity contribution in [3.63, 3.8) is 0 Å². The molecule has 0 saturated carbocycles. The molecule has 0 aliphatic rings. The molecular formula is C13H12BrFIN3. The van der Waals surface area contributed by atoms with Crippen LogP contribution in [0.2, 0.25) is 0 Å². The van der Waals surface area contributed by atoms with Crippen molar-refractivity contribution in [2.45, 2.75) is 13.8 Å². The molecule has 0 unspecified atom stereocenters. The summed E-state index contributed by atoms with van der Waals surface area (Å²) in [6, 6.07) is 4.50. The lowest BCUT2D eigenvalue weighted by molar-refractivity contribution is 0.627. The number of hydrogen-bond acceptors (Lipinski definition) is 3. The molecule has 1 heterocycles. The van der Waals surface area contributed by atoms with Gasteiger partial charge in [-0.3, -0.25) is 0 Å². The fraction of sp³-hybridized carbons (Fsp3) is 0.231. The average molecular weight is 436 g/mol. The Labute approximate surface area is 133 Å². The number of aryl methyl sites for hydroxylation is 1. The third-order valence-corrected chi connectivity index (χ3v) is 4.48. The topological polar surface area (TPSA) is 37.8 Å². The number of halogens is 3. The highest BCUT2D eigenvalue weighted by atomic mass is 127. The van der Waals surface area contributed by atoms with E-state index in [4.69, 9.17) is 0 Å². The molecule has 2 aromatic rings. The van der Waals surface area contributed by atoms with Crippen LogP contribution in [-0.4, -0.2) is 16.5 Å². The fourth-order valence-corrected chi connectivity index (χ4v) is 2.60. The largest absolute Gasteiger partial charge is 0.369 e. The number of benzene rings is 1. The third-order valence-electron chi connectivity index (χ3n) is 2.53. The van der Waals surface area contributed by atoms with Crippen molar-refractivity contribution in [2.24, 2.45) is 0 Å². The van der Waals surface area contributed by atoms with Gasteiger partial charge in [-0.1, -0.05) is 0 Å². The van der Waals surface area contributed by atoms with Crippen molar-refractivity contribution in [3.8, 4) is 11.4 Å². The molecule has 1 aromatic heterocycles. The van der Waals surface area contributed by atoms with Gasteiger partial charge < -0.3 is 5.32 Å². The molecule has 0 aliphatic carbocycles. The number of anilines is 1. The molecule has 1 aromatic carbocycles. The molecule has 3 nitrogen and oxygen atoms in total. The summed E-state index contributed by atoms with van der Waals surface area (Å²) in [7, 11) is 0. The van der Waals surface area contributed by atoms with Gasteiger partial charge in [0.25, 0.3) is 0 Å². The lowest BCUT2D eigenvalue weighted by atomic mass is 10.2. The van der Waals surface area contributed by atoms with E-state index in [0.29, 0.717) is 10.3 Å². The Morgan fingerprint density at radius 1 is 1.37 bits per heavy atom. The molecule has 2 rings (SSSR count). The van der Waals surface area contributed by atoms with E-state index in [1.165, 1.54) is 12.1 Å². The predicted molar refractivity (Wildman–Crippen MR) is 86.7 cm³/mol. The van der Waals surface area contributed by atoms with E-state index in [9.17, 15) is 4.39 Å². The molecule has 0 atom stereocenters.